The highest BCUT2D eigenvalue weighted by Gasteiger charge is 2.08. The molecular weight excluding hydrogens is 360 g/mol. The van der Waals surface area contributed by atoms with Gasteiger partial charge in [-0.05, 0) is 35.0 Å². The van der Waals surface area contributed by atoms with E-state index in [2.05, 4.69) is 21.7 Å². The molecule has 0 amide bonds. The minimum Gasteiger partial charge on any atom is -0.489 e. The van der Waals surface area contributed by atoms with Crippen molar-refractivity contribution in [3.8, 4) is 11.8 Å². The van der Waals surface area contributed by atoms with E-state index >= 15 is 0 Å². The monoisotopic (exact) mass is 378 g/mol. The van der Waals surface area contributed by atoms with Crippen LogP contribution in [-0.2, 0) is 6.61 Å². The zero-order chi connectivity index (χ0) is 17.8. The third-order valence-corrected chi connectivity index (χ3v) is 4.31. The van der Waals surface area contributed by atoms with Crippen molar-refractivity contribution in [1.82, 2.24) is 5.32 Å². The van der Waals surface area contributed by atoms with Gasteiger partial charge in [0.25, 0.3) is 0 Å². The van der Waals surface area contributed by atoms with Crippen molar-refractivity contribution in [3.63, 3.8) is 0 Å². The molecule has 1 aliphatic heterocycles. The van der Waals surface area contributed by atoms with Gasteiger partial charge in [-0.15, -0.1) is 12.4 Å². The van der Waals surface area contributed by atoms with Crippen LogP contribution in [0.3, 0.4) is 0 Å². The molecule has 0 fully saturated rings. The zero-order valence-corrected chi connectivity index (χ0v) is 15.4. The van der Waals surface area contributed by atoms with Gasteiger partial charge in [-0.1, -0.05) is 36.4 Å². The van der Waals surface area contributed by atoms with Crippen LogP contribution in [0.25, 0.3) is 10.8 Å². The molecule has 6 heteroatoms. The maximum atomic E-state index is 9.55. The van der Waals surface area contributed by atoms with Crippen LogP contribution in [0.2, 0.25) is 0 Å². The Bertz CT molecular complexity index is 1010. The van der Waals surface area contributed by atoms with E-state index in [1.54, 1.807) is 0 Å². The molecule has 0 atom stereocenters. The summed E-state index contributed by atoms with van der Waals surface area (Å²) in [6.07, 6.45) is 0. The standard InChI is InChI=1S/C21H18N4O.ClH/c22-13-20-16(6-5-15-3-1-2-4-19(15)20)14-26-18-9-7-17(8-10-18)25-21-23-11-12-24-21;/h1-10H,11-12,14H2,(H2,23,24,25);1H. The van der Waals surface area contributed by atoms with E-state index in [4.69, 9.17) is 4.74 Å². The van der Waals surface area contributed by atoms with Gasteiger partial charge in [0, 0.05) is 17.8 Å². The molecule has 3 aromatic carbocycles. The second-order valence-electron chi connectivity index (χ2n) is 6.03. The third kappa shape index (κ3) is 4.13. The average Bonchev–Trinajstić information content (AvgIpc) is 3.20. The molecule has 0 saturated carbocycles. The Balaban J connectivity index is 0.00000210. The SMILES string of the molecule is Cl.N#Cc1c(COc2ccc(NC3=NCCN3)cc2)ccc2ccccc12. The van der Waals surface area contributed by atoms with Crippen LogP contribution in [0.5, 0.6) is 5.75 Å². The lowest BCUT2D eigenvalue weighted by Gasteiger charge is -2.11. The number of nitriles is 1. The molecule has 0 saturated heterocycles. The van der Waals surface area contributed by atoms with Crippen LogP contribution in [0, 0.1) is 11.3 Å². The summed E-state index contributed by atoms with van der Waals surface area (Å²) in [4.78, 5) is 4.31. The smallest absolute Gasteiger partial charge is 0.195 e. The summed E-state index contributed by atoms with van der Waals surface area (Å²) in [6, 6.07) is 21.9. The van der Waals surface area contributed by atoms with Crippen molar-refractivity contribution < 1.29 is 4.74 Å². The minimum absolute atomic E-state index is 0. The summed E-state index contributed by atoms with van der Waals surface area (Å²) in [5.41, 5.74) is 2.51. The van der Waals surface area contributed by atoms with Gasteiger partial charge < -0.3 is 15.4 Å². The number of fused-ring (bicyclic) bond motifs is 1. The summed E-state index contributed by atoms with van der Waals surface area (Å²) in [5, 5.41) is 18.0. The number of aliphatic imine (C=N–C) groups is 1. The molecule has 3 aromatic rings. The largest absolute Gasteiger partial charge is 0.489 e. The molecule has 5 nitrogen and oxygen atoms in total. The highest BCUT2D eigenvalue weighted by Crippen LogP contribution is 2.24. The summed E-state index contributed by atoms with van der Waals surface area (Å²) in [5.74, 6) is 1.56. The molecule has 1 aliphatic rings. The fourth-order valence-electron chi connectivity index (χ4n) is 2.98. The molecule has 1 heterocycles. The molecule has 0 unspecified atom stereocenters. The van der Waals surface area contributed by atoms with E-state index < -0.39 is 0 Å². The first-order valence-electron chi connectivity index (χ1n) is 8.52. The number of rotatable bonds is 4. The lowest BCUT2D eigenvalue weighted by Crippen LogP contribution is -2.26. The maximum absolute atomic E-state index is 9.55. The van der Waals surface area contributed by atoms with E-state index in [0.717, 1.165) is 46.8 Å². The Kier molecular flexibility index (Phi) is 5.80. The fraction of sp³-hybridized carbons (Fsp3) is 0.143. The minimum atomic E-state index is 0. The lowest BCUT2D eigenvalue weighted by atomic mass is 10.0. The second-order valence-corrected chi connectivity index (χ2v) is 6.03. The van der Waals surface area contributed by atoms with Crippen LogP contribution in [0.15, 0.2) is 65.7 Å². The van der Waals surface area contributed by atoms with Crippen molar-refractivity contribution in [3.05, 3.63) is 71.8 Å². The summed E-state index contributed by atoms with van der Waals surface area (Å²) in [6.45, 7) is 2.03. The molecule has 0 aliphatic carbocycles. The first-order chi connectivity index (χ1) is 12.8. The number of nitrogens with zero attached hydrogens (tertiary/aromatic N) is 2. The second kappa shape index (κ2) is 8.43. The van der Waals surface area contributed by atoms with Gasteiger partial charge >= 0.3 is 0 Å². The Hall–Kier alpha value is -3.23. The summed E-state index contributed by atoms with van der Waals surface area (Å²) >= 11 is 0. The van der Waals surface area contributed by atoms with Crippen LogP contribution >= 0.6 is 12.4 Å². The van der Waals surface area contributed by atoms with E-state index in [-0.39, 0.29) is 12.4 Å². The van der Waals surface area contributed by atoms with Gasteiger partial charge in [0.15, 0.2) is 5.96 Å². The molecule has 0 radical (unpaired) electrons. The maximum Gasteiger partial charge on any atom is 0.195 e. The Morgan fingerprint density at radius 1 is 1.07 bits per heavy atom. The van der Waals surface area contributed by atoms with Gasteiger partial charge in [0.1, 0.15) is 18.4 Å². The zero-order valence-electron chi connectivity index (χ0n) is 14.6. The van der Waals surface area contributed by atoms with Gasteiger partial charge in [-0.3, -0.25) is 4.99 Å². The Labute approximate surface area is 164 Å². The normalized spacial score (nSPS) is 12.5. The van der Waals surface area contributed by atoms with Crippen LogP contribution in [-0.4, -0.2) is 19.0 Å². The van der Waals surface area contributed by atoms with Crippen LogP contribution in [0.1, 0.15) is 11.1 Å². The molecule has 0 bridgehead atoms. The van der Waals surface area contributed by atoms with E-state index in [1.165, 1.54) is 0 Å². The number of benzene rings is 3. The Morgan fingerprint density at radius 2 is 1.89 bits per heavy atom. The van der Waals surface area contributed by atoms with Crippen molar-refractivity contribution in [2.45, 2.75) is 6.61 Å². The fourth-order valence-corrected chi connectivity index (χ4v) is 2.98. The van der Waals surface area contributed by atoms with Crippen molar-refractivity contribution >= 4 is 34.8 Å². The molecule has 0 aromatic heterocycles. The quantitative estimate of drug-likeness (QED) is 0.717. The molecule has 136 valence electrons. The molecule has 4 rings (SSSR count). The van der Waals surface area contributed by atoms with Gasteiger partial charge in [0.05, 0.1) is 12.1 Å². The van der Waals surface area contributed by atoms with Gasteiger partial charge in [-0.2, -0.15) is 5.26 Å². The number of hydrogen-bond donors (Lipinski definition) is 2. The molecule has 2 N–H and O–H groups in total. The number of halogens is 1. The summed E-state index contributed by atoms with van der Waals surface area (Å²) < 4.78 is 5.88. The first kappa shape index (κ1) is 18.6. The number of nitrogens with one attached hydrogen (secondary N) is 2. The lowest BCUT2D eigenvalue weighted by molar-refractivity contribution is 0.306. The topological polar surface area (TPSA) is 69.4 Å². The van der Waals surface area contributed by atoms with Gasteiger partial charge in [0.2, 0.25) is 0 Å². The first-order valence-corrected chi connectivity index (χ1v) is 8.52. The highest BCUT2D eigenvalue weighted by atomic mass is 35.5. The van der Waals surface area contributed by atoms with E-state index in [0.29, 0.717) is 12.2 Å². The predicted molar refractivity (Wildman–Crippen MR) is 111 cm³/mol. The van der Waals surface area contributed by atoms with E-state index in [1.807, 2.05) is 60.7 Å². The number of guanidine groups is 1. The van der Waals surface area contributed by atoms with Crippen molar-refractivity contribution in [2.24, 2.45) is 4.99 Å². The number of ether oxygens (including phenoxy) is 1. The Morgan fingerprint density at radius 3 is 2.63 bits per heavy atom. The van der Waals surface area contributed by atoms with E-state index in [9.17, 15) is 5.26 Å². The van der Waals surface area contributed by atoms with Crippen molar-refractivity contribution in [1.29, 1.82) is 5.26 Å². The van der Waals surface area contributed by atoms with Crippen LogP contribution < -0.4 is 15.4 Å². The number of hydrogen-bond acceptors (Lipinski definition) is 5. The molecular formula is C21H19ClN4O. The van der Waals surface area contributed by atoms with Crippen molar-refractivity contribution in [2.75, 3.05) is 18.4 Å². The van der Waals surface area contributed by atoms with Gasteiger partial charge in [-0.25, -0.2) is 0 Å². The third-order valence-electron chi connectivity index (χ3n) is 4.31. The molecule has 27 heavy (non-hydrogen) atoms. The molecule has 0 spiro atoms. The number of anilines is 1. The highest BCUT2D eigenvalue weighted by molar-refractivity contribution is 5.94. The van der Waals surface area contributed by atoms with Crippen LogP contribution in [0.4, 0.5) is 5.69 Å². The summed E-state index contributed by atoms with van der Waals surface area (Å²) in [7, 11) is 0. The average molecular weight is 379 g/mol. The predicted octanol–water partition coefficient (Wildman–Crippen LogP) is 4.08.